The monoisotopic (exact) mass is 483 g/mol. The van der Waals surface area contributed by atoms with Crippen molar-refractivity contribution in [2.75, 3.05) is 33.9 Å². The molecule has 5 rings (SSSR count). The Balaban J connectivity index is 1.71. The molecule has 1 aliphatic rings. The van der Waals surface area contributed by atoms with E-state index in [1.165, 1.54) is 0 Å². The summed E-state index contributed by atoms with van der Waals surface area (Å²) in [7, 11) is 5.27. The molecule has 1 aromatic heterocycles. The van der Waals surface area contributed by atoms with Crippen LogP contribution in [0, 0.1) is 0 Å². The van der Waals surface area contributed by atoms with Crippen molar-refractivity contribution in [2.45, 2.75) is 6.04 Å². The molecule has 184 valence electrons. The summed E-state index contributed by atoms with van der Waals surface area (Å²) in [4.78, 5) is 28.2. The van der Waals surface area contributed by atoms with Crippen LogP contribution in [0.25, 0.3) is 22.2 Å². The van der Waals surface area contributed by atoms with Crippen LogP contribution in [0.3, 0.4) is 0 Å². The largest absolute Gasteiger partial charge is 0.497 e. The Kier molecular flexibility index (Phi) is 6.48. The maximum Gasteiger partial charge on any atom is 0.255 e. The normalized spacial score (nSPS) is 14.8. The van der Waals surface area contributed by atoms with Crippen LogP contribution in [-0.4, -0.2) is 55.2 Å². The molecule has 1 aliphatic heterocycles. The van der Waals surface area contributed by atoms with Crippen LogP contribution in [0.15, 0.2) is 72.8 Å². The third kappa shape index (κ3) is 4.01. The number of hydrogen-bond acceptors (Lipinski definition) is 4. The number of aryl methyl sites for hydroxylation is 1. The number of nitrogens with one attached hydrogen (secondary N) is 1. The molecule has 0 saturated carbocycles. The number of fused-ring (bicyclic) bond motifs is 2. The van der Waals surface area contributed by atoms with E-state index >= 15 is 0 Å². The number of benzene rings is 3. The first-order chi connectivity index (χ1) is 17.5. The number of methoxy groups -OCH3 is 2. The highest BCUT2D eigenvalue weighted by molar-refractivity contribution is 6.03. The zero-order valence-electron chi connectivity index (χ0n) is 20.7. The van der Waals surface area contributed by atoms with E-state index in [-0.39, 0.29) is 18.4 Å². The second kappa shape index (κ2) is 9.87. The predicted molar refractivity (Wildman–Crippen MR) is 139 cm³/mol. The molecule has 0 unspecified atom stereocenters. The number of aromatic nitrogens is 1. The maximum atomic E-state index is 13.6. The van der Waals surface area contributed by atoms with Crippen molar-refractivity contribution >= 4 is 22.7 Å². The summed E-state index contributed by atoms with van der Waals surface area (Å²) in [6.07, 6.45) is 0. The molecule has 1 N–H and O–H groups in total. The molecule has 7 nitrogen and oxygen atoms in total. The molecule has 4 aromatic rings. The Hall–Kier alpha value is -4.10. The molecule has 3 aromatic carbocycles. The number of para-hydroxylation sites is 1. The van der Waals surface area contributed by atoms with Gasteiger partial charge in [-0.2, -0.15) is 0 Å². The van der Waals surface area contributed by atoms with Gasteiger partial charge in [0, 0.05) is 48.3 Å². The smallest absolute Gasteiger partial charge is 0.255 e. The molecule has 2 heterocycles. The molecule has 0 fully saturated rings. The van der Waals surface area contributed by atoms with E-state index in [1.807, 2.05) is 67.7 Å². The molecular formula is C29H29N3O4. The Morgan fingerprint density at radius 2 is 1.78 bits per heavy atom. The fraction of sp³-hybridized carbons (Fsp3) is 0.241. The Morgan fingerprint density at radius 3 is 2.58 bits per heavy atom. The molecule has 1 atom stereocenters. The van der Waals surface area contributed by atoms with Gasteiger partial charge < -0.3 is 24.3 Å². The van der Waals surface area contributed by atoms with E-state index in [4.69, 9.17) is 9.47 Å². The molecule has 2 amide bonds. The van der Waals surface area contributed by atoms with Crippen LogP contribution in [-0.2, 0) is 16.6 Å². The minimum Gasteiger partial charge on any atom is -0.497 e. The van der Waals surface area contributed by atoms with E-state index in [0.29, 0.717) is 18.7 Å². The standard InChI is InChI=1S/C29H29N3O4/c1-31-24-14-7-6-13-23(24)26(27(31)19-9-8-10-20(17-19)36-3)28-21-11-4-5-12-22(21)29(34)32(28)18-25(33)30-15-16-35-2/h4-14,17,28H,15-16,18H2,1-3H3,(H,30,33)/t28-/m1/s1. The Labute approximate surface area is 210 Å². The summed E-state index contributed by atoms with van der Waals surface area (Å²) in [5.74, 6) is 0.379. The van der Waals surface area contributed by atoms with Gasteiger partial charge in [-0.1, -0.05) is 48.5 Å². The van der Waals surface area contributed by atoms with Crippen LogP contribution in [0.4, 0.5) is 0 Å². The van der Waals surface area contributed by atoms with Crippen LogP contribution in [0.2, 0.25) is 0 Å². The van der Waals surface area contributed by atoms with Gasteiger partial charge in [0.2, 0.25) is 5.91 Å². The molecule has 0 radical (unpaired) electrons. The van der Waals surface area contributed by atoms with Crippen molar-refractivity contribution in [3.05, 3.63) is 89.5 Å². The Morgan fingerprint density at radius 1 is 1.00 bits per heavy atom. The summed E-state index contributed by atoms with van der Waals surface area (Å²) in [5.41, 5.74) is 5.51. The van der Waals surface area contributed by atoms with E-state index in [2.05, 4.69) is 22.0 Å². The first-order valence-corrected chi connectivity index (χ1v) is 11.9. The van der Waals surface area contributed by atoms with Gasteiger partial charge in [0.25, 0.3) is 5.91 Å². The fourth-order valence-electron chi connectivity index (χ4n) is 5.17. The fourth-order valence-corrected chi connectivity index (χ4v) is 5.17. The SMILES string of the molecule is COCCNC(=O)CN1C(=O)c2ccccc2[C@@H]1c1c(-c2cccc(OC)c2)n(C)c2ccccc12. The van der Waals surface area contributed by atoms with Crippen LogP contribution >= 0.6 is 0 Å². The number of hydrogen-bond donors (Lipinski definition) is 1. The van der Waals surface area contributed by atoms with E-state index in [9.17, 15) is 9.59 Å². The summed E-state index contributed by atoms with van der Waals surface area (Å²) >= 11 is 0. The number of amides is 2. The number of carbonyl (C=O) groups is 2. The highest BCUT2D eigenvalue weighted by Gasteiger charge is 2.41. The molecule has 0 bridgehead atoms. The van der Waals surface area contributed by atoms with Crippen molar-refractivity contribution < 1.29 is 19.1 Å². The summed E-state index contributed by atoms with van der Waals surface area (Å²) in [5, 5.41) is 3.89. The van der Waals surface area contributed by atoms with E-state index in [1.54, 1.807) is 19.1 Å². The Bertz CT molecular complexity index is 1440. The van der Waals surface area contributed by atoms with Gasteiger partial charge >= 0.3 is 0 Å². The molecule has 0 aliphatic carbocycles. The van der Waals surface area contributed by atoms with Gasteiger partial charge in [0.1, 0.15) is 12.3 Å². The zero-order valence-corrected chi connectivity index (χ0v) is 20.7. The topological polar surface area (TPSA) is 72.8 Å². The minimum atomic E-state index is -0.422. The summed E-state index contributed by atoms with van der Waals surface area (Å²) in [6, 6.07) is 23.3. The average molecular weight is 484 g/mol. The quantitative estimate of drug-likeness (QED) is 0.382. The molecule has 0 spiro atoms. The first-order valence-electron chi connectivity index (χ1n) is 11.9. The van der Waals surface area contributed by atoms with Crippen molar-refractivity contribution in [1.82, 2.24) is 14.8 Å². The second-order valence-corrected chi connectivity index (χ2v) is 8.84. The van der Waals surface area contributed by atoms with Crippen LogP contribution in [0.5, 0.6) is 5.75 Å². The lowest BCUT2D eigenvalue weighted by atomic mass is 9.93. The van der Waals surface area contributed by atoms with Gasteiger partial charge in [-0.25, -0.2) is 0 Å². The third-order valence-electron chi connectivity index (χ3n) is 6.76. The molecule has 7 heteroatoms. The molecule has 36 heavy (non-hydrogen) atoms. The van der Waals surface area contributed by atoms with E-state index < -0.39 is 6.04 Å². The number of carbonyl (C=O) groups excluding carboxylic acids is 2. The lowest BCUT2D eigenvalue weighted by Gasteiger charge is -2.26. The minimum absolute atomic E-state index is 0.0529. The van der Waals surface area contributed by atoms with Gasteiger partial charge in [0.05, 0.1) is 25.5 Å². The molecular weight excluding hydrogens is 454 g/mol. The molecule has 0 saturated heterocycles. The average Bonchev–Trinajstić information content (AvgIpc) is 3.35. The van der Waals surface area contributed by atoms with Gasteiger partial charge in [-0.3, -0.25) is 9.59 Å². The lowest BCUT2D eigenvalue weighted by Crippen LogP contribution is -2.40. The summed E-state index contributed by atoms with van der Waals surface area (Å²) in [6.45, 7) is 0.744. The van der Waals surface area contributed by atoms with Crippen molar-refractivity contribution in [3.8, 4) is 17.0 Å². The van der Waals surface area contributed by atoms with Crippen LogP contribution in [0.1, 0.15) is 27.5 Å². The van der Waals surface area contributed by atoms with E-state index in [0.717, 1.165) is 39.0 Å². The predicted octanol–water partition coefficient (Wildman–Crippen LogP) is 4.16. The third-order valence-corrected chi connectivity index (χ3v) is 6.76. The maximum absolute atomic E-state index is 13.6. The lowest BCUT2D eigenvalue weighted by molar-refractivity contribution is -0.122. The number of nitrogens with zero attached hydrogens (tertiary/aromatic N) is 2. The van der Waals surface area contributed by atoms with Gasteiger partial charge in [-0.15, -0.1) is 0 Å². The van der Waals surface area contributed by atoms with Crippen molar-refractivity contribution in [1.29, 1.82) is 0 Å². The first kappa shape index (κ1) is 23.6. The summed E-state index contributed by atoms with van der Waals surface area (Å²) < 4.78 is 12.7. The van der Waals surface area contributed by atoms with Crippen LogP contribution < -0.4 is 10.1 Å². The number of ether oxygens (including phenoxy) is 2. The van der Waals surface area contributed by atoms with Gasteiger partial charge in [0.15, 0.2) is 0 Å². The van der Waals surface area contributed by atoms with Crippen molar-refractivity contribution in [3.63, 3.8) is 0 Å². The van der Waals surface area contributed by atoms with Crippen molar-refractivity contribution in [2.24, 2.45) is 7.05 Å². The van der Waals surface area contributed by atoms with Gasteiger partial charge in [-0.05, 0) is 29.8 Å². The highest BCUT2D eigenvalue weighted by Crippen LogP contribution is 2.46. The highest BCUT2D eigenvalue weighted by atomic mass is 16.5. The zero-order chi connectivity index (χ0) is 25.2. The second-order valence-electron chi connectivity index (χ2n) is 8.84. The number of rotatable bonds is 8.